The summed E-state index contributed by atoms with van der Waals surface area (Å²) in [5, 5.41) is 11.0. The number of ketones is 1. The van der Waals surface area contributed by atoms with Crippen molar-refractivity contribution in [2.45, 2.75) is 32.8 Å². The van der Waals surface area contributed by atoms with E-state index >= 15 is 0 Å². The van der Waals surface area contributed by atoms with Crippen molar-refractivity contribution in [1.82, 2.24) is 0 Å². The second kappa shape index (κ2) is 7.14. The smallest absolute Gasteiger partial charge is 0.306 e. The molecular weight excluding hydrogens is 330 g/mol. The number of para-hydroxylation sites is 1. The Hall–Kier alpha value is -1.76. The molecule has 0 saturated carbocycles. The molecule has 0 amide bonds. The highest BCUT2D eigenvalue weighted by molar-refractivity contribution is 9.10. The summed E-state index contributed by atoms with van der Waals surface area (Å²) in [7, 11) is 0. The van der Waals surface area contributed by atoms with E-state index in [1.807, 2.05) is 0 Å². The Morgan fingerprint density at radius 1 is 1.35 bits per heavy atom. The molecule has 0 heterocycles. The molecule has 0 aromatic heterocycles. The van der Waals surface area contributed by atoms with Gasteiger partial charge in [-0.1, -0.05) is 6.07 Å². The molecule has 1 aromatic rings. The van der Waals surface area contributed by atoms with Crippen LogP contribution in [0.15, 0.2) is 22.7 Å². The third-order valence-electron chi connectivity index (χ3n) is 2.39. The third-order valence-corrected chi connectivity index (χ3v) is 3.03. The minimum Gasteiger partial charge on any atom is -0.463 e. The predicted octanol–water partition coefficient (Wildman–Crippen LogP) is 3.27. The van der Waals surface area contributed by atoms with Crippen LogP contribution in [0, 0.1) is 10.1 Å². The summed E-state index contributed by atoms with van der Waals surface area (Å²) in [6.07, 6.45) is -0.471. The first-order chi connectivity index (χ1) is 9.32. The number of ether oxygens (including phenoxy) is 1. The first-order valence-corrected chi connectivity index (χ1v) is 6.77. The largest absolute Gasteiger partial charge is 0.463 e. The highest BCUT2D eigenvalue weighted by atomic mass is 79.9. The summed E-state index contributed by atoms with van der Waals surface area (Å²) in [6.45, 7) is 3.41. The minimum absolute atomic E-state index is 0.0123. The van der Waals surface area contributed by atoms with Crippen LogP contribution in [0.25, 0.3) is 0 Å². The van der Waals surface area contributed by atoms with Gasteiger partial charge in [0.25, 0.3) is 5.69 Å². The van der Waals surface area contributed by atoms with E-state index in [9.17, 15) is 19.7 Å². The molecule has 108 valence electrons. The van der Waals surface area contributed by atoms with Gasteiger partial charge < -0.3 is 4.74 Å². The zero-order chi connectivity index (χ0) is 15.3. The van der Waals surface area contributed by atoms with Crippen LogP contribution in [0.3, 0.4) is 0 Å². The summed E-state index contributed by atoms with van der Waals surface area (Å²) >= 11 is 3.04. The van der Waals surface area contributed by atoms with Crippen molar-refractivity contribution >= 4 is 33.4 Å². The fourth-order valence-electron chi connectivity index (χ4n) is 1.60. The molecule has 0 aliphatic carbocycles. The number of nitrogens with zero attached hydrogens (tertiary/aromatic N) is 1. The second-order valence-corrected chi connectivity index (χ2v) is 5.21. The van der Waals surface area contributed by atoms with Crippen molar-refractivity contribution in [3.63, 3.8) is 0 Å². The molecule has 6 nitrogen and oxygen atoms in total. The first-order valence-electron chi connectivity index (χ1n) is 5.98. The number of hydrogen-bond acceptors (Lipinski definition) is 5. The number of carbonyl (C=O) groups is 2. The lowest BCUT2D eigenvalue weighted by Crippen LogP contribution is -2.13. The van der Waals surface area contributed by atoms with E-state index in [0.717, 1.165) is 0 Å². The molecule has 0 bridgehead atoms. The van der Waals surface area contributed by atoms with E-state index in [-0.39, 0.29) is 34.7 Å². The normalized spacial score (nSPS) is 10.4. The van der Waals surface area contributed by atoms with Gasteiger partial charge in [-0.3, -0.25) is 19.7 Å². The maximum absolute atomic E-state index is 12.0. The molecule has 1 aromatic carbocycles. The lowest BCUT2D eigenvalue weighted by Gasteiger charge is -2.07. The SMILES string of the molecule is CC(C)OC(=O)CCC(=O)c1cccc(Br)c1[N+](=O)[O-]. The molecule has 0 fully saturated rings. The molecule has 20 heavy (non-hydrogen) atoms. The van der Waals surface area contributed by atoms with Crippen molar-refractivity contribution in [2.24, 2.45) is 0 Å². The fraction of sp³-hybridized carbons (Fsp3) is 0.385. The van der Waals surface area contributed by atoms with Crippen LogP contribution in [0.4, 0.5) is 5.69 Å². The third kappa shape index (κ3) is 4.41. The standard InChI is InChI=1S/C13H14BrNO5/c1-8(2)20-12(17)7-6-11(16)9-4-3-5-10(14)13(9)15(18)19/h3-5,8H,6-7H2,1-2H3. The molecule has 0 aliphatic rings. The Morgan fingerprint density at radius 3 is 2.55 bits per heavy atom. The summed E-state index contributed by atoms with van der Waals surface area (Å²) < 4.78 is 5.14. The molecule has 0 atom stereocenters. The van der Waals surface area contributed by atoms with Crippen LogP contribution in [0.2, 0.25) is 0 Å². The first kappa shape index (κ1) is 16.3. The van der Waals surface area contributed by atoms with Gasteiger partial charge in [0.2, 0.25) is 0 Å². The summed E-state index contributed by atoms with van der Waals surface area (Å²) in [6, 6.07) is 4.40. The van der Waals surface area contributed by atoms with Crippen molar-refractivity contribution < 1.29 is 19.2 Å². The average Bonchev–Trinajstić information content (AvgIpc) is 2.34. The molecular formula is C13H14BrNO5. The summed E-state index contributed by atoms with van der Waals surface area (Å²) in [5.41, 5.74) is -0.295. The number of halogens is 1. The number of hydrogen-bond donors (Lipinski definition) is 0. The Morgan fingerprint density at radius 2 is 2.00 bits per heavy atom. The number of nitro benzene ring substituents is 1. The Bertz CT molecular complexity index is 542. The quantitative estimate of drug-likeness (QED) is 0.342. The number of Topliss-reactive ketones (excluding diaryl/α,β-unsaturated/α-hetero) is 1. The van der Waals surface area contributed by atoms with Crippen molar-refractivity contribution in [3.8, 4) is 0 Å². The molecule has 0 spiro atoms. The summed E-state index contributed by atoms with van der Waals surface area (Å²) in [4.78, 5) is 33.7. The average molecular weight is 344 g/mol. The van der Waals surface area contributed by atoms with Crippen LogP contribution in [-0.2, 0) is 9.53 Å². The van der Waals surface area contributed by atoms with Gasteiger partial charge in [0.1, 0.15) is 0 Å². The zero-order valence-electron chi connectivity index (χ0n) is 11.1. The van der Waals surface area contributed by atoms with Crippen LogP contribution in [0.5, 0.6) is 0 Å². The lowest BCUT2D eigenvalue weighted by atomic mass is 10.0. The topological polar surface area (TPSA) is 86.5 Å². The monoisotopic (exact) mass is 343 g/mol. The predicted molar refractivity (Wildman–Crippen MR) is 75.6 cm³/mol. The van der Waals surface area contributed by atoms with Gasteiger partial charge in [-0.15, -0.1) is 0 Å². The maximum Gasteiger partial charge on any atom is 0.306 e. The number of benzene rings is 1. The van der Waals surface area contributed by atoms with E-state index in [2.05, 4.69) is 15.9 Å². The van der Waals surface area contributed by atoms with E-state index in [4.69, 9.17) is 4.74 Å². The van der Waals surface area contributed by atoms with E-state index in [1.54, 1.807) is 13.8 Å². The maximum atomic E-state index is 12.0. The minimum atomic E-state index is -0.621. The fourth-order valence-corrected chi connectivity index (χ4v) is 2.11. The van der Waals surface area contributed by atoms with Gasteiger partial charge in [0.05, 0.1) is 27.5 Å². The van der Waals surface area contributed by atoms with Crippen LogP contribution in [-0.4, -0.2) is 22.8 Å². The molecule has 0 unspecified atom stereocenters. The lowest BCUT2D eigenvalue weighted by molar-refractivity contribution is -0.385. The summed E-state index contributed by atoms with van der Waals surface area (Å²) in [5.74, 6) is -0.954. The van der Waals surface area contributed by atoms with Crippen molar-refractivity contribution in [3.05, 3.63) is 38.3 Å². The highest BCUT2D eigenvalue weighted by Crippen LogP contribution is 2.29. The zero-order valence-corrected chi connectivity index (χ0v) is 12.7. The number of rotatable bonds is 6. The Balaban J connectivity index is 2.81. The van der Waals surface area contributed by atoms with Crippen LogP contribution in [0.1, 0.15) is 37.0 Å². The van der Waals surface area contributed by atoms with Gasteiger partial charge in [-0.25, -0.2) is 0 Å². The molecule has 0 radical (unpaired) electrons. The van der Waals surface area contributed by atoms with Gasteiger partial charge in [-0.2, -0.15) is 0 Å². The van der Waals surface area contributed by atoms with Gasteiger partial charge >= 0.3 is 5.97 Å². The van der Waals surface area contributed by atoms with Gasteiger partial charge in [-0.05, 0) is 41.9 Å². The number of esters is 1. The second-order valence-electron chi connectivity index (χ2n) is 4.35. The Labute approximate surface area is 124 Å². The van der Waals surface area contributed by atoms with E-state index in [1.165, 1.54) is 18.2 Å². The number of nitro groups is 1. The molecule has 0 aliphatic heterocycles. The number of carbonyl (C=O) groups excluding carboxylic acids is 2. The van der Waals surface area contributed by atoms with E-state index in [0.29, 0.717) is 0 Å². The highest BCUT2D eigenvalue weighted by Gasteiger charge is 2.23. The van der Waals surface area contributed by atoms with Crippen molar-refractivity contribution in [2.75, 3.05) is 0 Å². The van der Waals surface area contributed by atoms with Gasteiger partial charge in [0.15, 0.2) is 5.78 Å². The molecule has 7 heteroatoms. The molecule has 0 saturated heterocycles. The Kier molecular flexibility index (Phi) is 5.82. The molecule has 0 N–H and O–H groups in total. The van der Waals surface area contributed by atoms with Gasteiger partial charge in [0, 0.05) is 6.42 Å². The van der Waals surface area contributed by atoms with Crippen LogP contribution < -0.4 is 0 Å². The molecule has 1 rings (SSSR count). The van der Waals surface area contributed by atoms with Crippen molar-refractivity contribution in [1.29, 1.82) is 0 Å². The van der Waals surface area contributed by atoms with E-state index < -0.39 is 16.7 Å². The van der Waals surface area contributed by atoms with Crippen LogP contribution >= 0.6 is 15.9 Å².